The lowest BCUT2D eigenvalue weighted by Crippen LogP contribution is -2.46. The Morgan fingerprint density at radius 2 is 1.65 bits per heavy atom. The molecule has 0 aromatic heterocycles. The number of alkyl halides is 6. The molecule has 1 aliphatic rings. The maximum Gasteiger partial charge on any atom is 0.416 e. The van der Waals surface area contributed by atoms with Gasteiger partial charge in [-0.05, 0) is 72.1 Å². The average Bonchev–Trinajstić information content (AvgIpc) is 2.76. The molecule has 0 radical (unpaired) electrons. The maximum absolute atomic E-state index is 13.3. The number of nitrogens with one attached hydrogen (secondary N) is 1. The monoisotopic (exact) mass is 487 g/mol. The van der Waals surface area contributed by atoms with Crippen LogP contribution in [0.5, 0.6) is 0 Å². The Morgan fingerprint density at radius 3 is 2.18 bits per heavy atom. The van der Waals surface area contributed by atoms with Gasteiger partial charge in [0.2, 0.25) is 0 Å². The van der Waals surface area contributed by atoms with Crippen molar-refractivity contribution in [1.29, 1.82) is 0 Å². The van der Waals surface area contributed by atoms with Crippen LogP contribution in [0.2, 0.25) is 0 Å². The summed E-state index contributed by atoms with van der Waals surface area (Å²) >= 11 is 0. The van der Waals surface area contributed by atoms with Crippen LogP contribution in [-0.4, -0.2) is 23.3 Å². The van der Waals surface area contributed by atoms with Crippen molar-refractivity contribution >= 4 is 5.97 Å². The van der Waals surface area contributed by atoms with Gasteiger partial charge in [-0.2, -0.15) is 26.3 Å². The number of hydrogen-bond acceptors (Lipinski definition) is 2. The molecular formula is C25H27F6NO2. The van der Waals surface area contributed by atoms with Gasteiger partial charge in [-0.3, -0.25) is 10.1 Å². The summed E-state index contributed by atoms with van der Waals surface area (Å²) in [4.78, 5) is 12.0. The smallest absolute Gasteiger partial charge is 0.416 e. The van der Waals surface area contributed by atoms with E-state index in [4.69, 9.17) is 0 Å². The Bertz CT molecular complexity index is 998. The van der Waals surface area contributed by atoms with E-state index in [1.54, 1.807) is 18.2 Å². The zero-order valence-electron chi connectivity index (χ0n) is 18.8. The molecule has 2 aromatic carbocycles. The minimum atomic E-state index is -4.50. The minimum absolute atomic E-state index is 0.0432. The predicted octanol–water partition coefficient (Wildman–Crippen LogP) is 7.33. The number of aliphatic carboxylic acids is 1. The molecular weight excluding hydrogens is 460 g/mol. The zero-order chi connectivity index (χ0) is 25.3. The molecule has 3 nitrogen and oxygen atoms in total. The van der Waals surface area contributed by atoms with E-state index in [0.717, 1.165) is 12.1 Å². The maximum atomic E-state index is 13.3. The fourth-order valence-corrected chi connectivity index (χ4v) is 4.40. The van der Waals surface area contributed by atoms with Gasteiger partial charge in [0.25, 0.3) is 0 Å². The van der Waals surface area contributed by atoms with Crippen LogP contribution in [0.15, 0.2) is 42.5 Å². The highest BCUT2D eigenvalue weighted by Crippen LogP contribution is 2.38. The molecule has 3 atom stereocenters. The van der Waals surface area contributed by atoms with Crippen molar-refractivity contribution in [3.05, 3.63) is 59.2 Å². The van der Waals surface area contributed by atoms with Crippen LogP contribution in [-0.2, 0) is 11.0 Å². The van der Waals surface area contributed by atoms with E-state index < -0.39 is 41.9 Å². The lowest BCUT2D eigenvalue weighted by Gasteiger charge is -2.33. The van der Waals surface area contributed by atoms with Crippen molar-refractivity contribution in [3.8, 4) is 11.1 Å². The third kappa shape index (κ3) is 6.31. The Morgan fingerprint density at radius 1 is 1.00 bits per heavy atom. The van der Waals surface area contributed by atoms with Crippen molar-refractivity contribution in [2.75, 3.05) is 0 Å². The van der Waals surface area contributed by atoms with Gasteiger partial charge >= 0.3 is 18.3 Å². The van der Waals surface area contributed by atoms with Gasteiger partial charge in [0.05, 0.1) is 11.5 Å². The summed E-state index contributed by atoms with van der Waals surface area (Å²) in [5.74, 6) is -1.91. The third-order valence-electron chi connectivity index (χ3n) is 6.12. The number of carbonyl (C=O) groups is 1. The summed E-state index contributed by atoms with van der Waals surface area (Å²) in [5, 5.41) is 12.5. The van der Waals surface area contributed by atoms with Crippen molar-refractivity contribution in [2.24, 2.45) is 5.92 Å². The number of benzene rings is 2. The molecule has 1 fully saturated rings. The molecule has 1 aliphatic heterocycles. The largest absolute Gasteiger partial charge is 0.481 e. The zero-order valence-corrected chi connectivity index (χ0v) is 18.8. The Balaban J connectivity index is 2.07. The summed E-state index contributed by atoms with van der Waals surface area (Å²) in [5.41, 5.74) is 0.985. The van der Waals surface area contributed by atoms with E-state index in [-0.39, 0.29) is 12.3 Å². The molecule has 0 aliphatic carbocycles. The standard InChI is InChI=1S/C25H27F6NO2/c1-14(2)10-20(23(33)34)17-11-16(15-6-8-19(9-7-15)24(26,27)28)12-18(13-17)21-4-3-5-22(32-21)25(29,30)31/h6-9,11-14,20-22,32H,3-5,10H2,1-2H3,(H,33,34)/t20?,21?,22-/m0/s1. The molecule has 1 saturated heterocycles. The third-order valence-corrected chi connectivity index (χ3v) is 6.12. The van der Waals surface area contributed by atoms with Crippen molar-refractivity contribution in [3.63, 3.8) is 0 Å². The highest BCUT2D eigenvalue weighted by molar-refractivity contribution is 5.77. The van der Waals surface area contributed by atoms with Gasteiger partial charge in [0.15, 0.2) is 0 Å². The summed E-state index contributed by atoms with van der Waals surface area (Å²) in [6.45, 7) is 3.74. The quantitative estimate of drug-likeness (QED) is 0.420. The molecule has 0 saturated carbocycles. The fourth-order valence-electron chi connectivity index (χ4n) is 4.40. The van der Waals surface area contributed by atoms with E-state index >= 15 is 0 Å². The van der Waals surface area contributed by atoms with E-state index in [1.807, 2.05) is 13.8 Å². The van der Waals surface area contributed by atoms with Gasteiger partial charge in [0, 0.05) is 6.04 Å². The molecule has 0 spiro atoms. The lowest BCUT2D eigenvalue weighted by molar-refractivity contribution is -0.163. The first kappa shape index (κ1) is 26.1. The second-order valence-electron chi connectivity index (χ2n) is 9.23. The molecule has 34 heavy (non-hydrogen) atoms. The minimum Gasteiger partial charge on any atom is -0.481 e. The second kappa shape index (κ2) is 9.98. The van der Waals surface area contributed by atoms with Gasteiger partial charge in [-0.25, -0.2) is 0 Å². The lowest BCUT2D eigenvalue weighted by atomic mass is 9.84. The number of carboxylic acid groups (broad SMARTS) is 1. The van der Waals surface area contributed by atoms with E-state index in [9.17, 15) is 36.2 Å². The summed E-state index contributed by atoms with van der Waals surface area (Å²) < 4.78 is 78.9. The SMILES string of the molecule is CC(C)CC(C(=O)O)c1cc(-c2ccc(C(F)(F)F)cc2)cc(C2CCC[C@@H](C(F)(F)F)N2)c1. The molecule has 186 valence electrons. The molecule has 0 bridgehead atoms. The molecule has 2 aromatic rings. The molecule has 9 heteroatoms. The molecule has 2 N–H and O–H groups in total. The second-order valence-corrected chi connectivity index (χ2v) is 9.23. The average molecular weight is 487 g/mol. The van der Waals surface area contributed by atoms with Crippen LogP contribution >= 0.6 is 0 Å². The molecule has 0 amide bonds. The van der Waals surface area contributed by atoms with Gasteiger partial charge in [-0.15, -0.1) is 0 Å². The number of hydrogen-bond donors (Lipinski definition) is 2. The van der Waals surface area contributed by atoms with E-state index in [0.29, 0.717) is 41.5 Å². The van der Waals surface area contributed by atoms with Crippen LogP contribution in [0.1, 0.15) is 68.2 Å². The van der Waals surface area contributed by atoms with Crippen LogP contribution in [0.3, 0.4) is 0 Å². The summed E-state index contributed by atoms with van der Waals surface area (Å²) in [7, 11) is 0. The molecule has 2 unspecified atom stereocenters. The Kier molecular flexibility index (Phi) is 7.65. The fraction of sp³-hybridized carbons (Fsp3) is 0.480. The summed E-state index contributed by atoms with van der Waals surface area (Å²) in [6, 6.07) is 6.98. The number of piperidine rings is 1. The van der Waals surface area contributed by atoms with Crippen LogP contribution < -0.4 is 5.32 Å². The molecule has 1 heterocycles. The molecule has 3 rings (SSSR count). The van der Waals surface area contributed by atoms with Crippen molar-refractivity contribution < 1.29 is 36.2 Å². The van der Waals surface area contributed by atoms with Gasteiger partial charge < -0.3 is 5.11 Å². The number of rotatable bonds is 6. The van der Waals surface area contributed by atoms with Crippen LogP contribution in [0.4, 0.5) is 26.3 Å². The van der Waals surface area contributed by atoms with Crippen LogP contribution in [0, 0.1) is 5.92 Å². The first-order chi connectivity index (χ1) is 15.8. The Labute approximate surface area is 194 Å². The van der Waals surface area contributed by atoms with Crippen LogP contribution in [0.25, 0.3) is 11.1 Å². The van der Waals surface area contributed by atoms with Gasteiger partial charge in [0.1, 0.15) is 6.04 Å². The topological polar surface area (TPSA) is 49.3 Å². The normalized spacial score (nSPS) is 20.4. The van der Waals surface area contributed by atoms with Crippen molar-refractivity contribution in [1.82, 2.24) is 5.32 Å². The first-order valence-electron chi connectivity index (χ1n) is 11.1. The highest BCUT2D eigenvalue weighted by atomic mass is 19.4. The van der Waals surface area contributed by atoms with E-state index in [2.05, 4.69) is 5.32 Å². The number of carboxylic acids is 1. The summed E-state index contributed by atoms with van der Waals surface area (Å²) in [6.07, 6.45) is -7.87. The van der Waals surface area contributed by atoms with E-state index in [1.165, 1.54) is 12.1 Å². The number of halogens is 6. The predicted molar refractivity (Wildman–Crippen MR) is 116 cm³/mol. The Hall–Kier alpha value is -2.55. The van der Waals surface area contributed by atoms with Gasteiger partial charge in [-0.1, -0.05) is 38.1 Å². The van der Waals surface area contributed by atoms with Crippen molar-refractivity contribution in [2.45, 2.75) is 69.9 Å². The highest BCUT2D eigenvalue weighted by Gasteiger charge is 2.42. The first-order valence-corrected chi connectivity index (χ1v) is 11.1.